The Labute approximate surface area is 141 Å². The highest BCUT2D eigenvalue weighted by Crippen LogP contribution is 2.14. The number of esters is 2. The molecular formula is C17H23NO6. The zero-order chi connectivity index (χ0) is 18.3. The van der Waals surface area contributed by atoms with Gasteiger partial charge in [-0.25, -0.2) is 4.79 Å². The number of nitrogens with one attached hydrogen (secondary N) is 1. The number of carbonyl (C=O) groups is 3. The zero-order valence-corrected chi connectivity index (χ0v) is 14.2. The molecule has 0 saturated carbocycles. The Morgan fingerprint density at radius 3 is 2.25 bits per heavy atom. The zero-order valence-electron chi connectivity index (χ0n) is 14.2. The van der Waals surface area contributed by atoms with E-state index in [1.807, 2.05) is 0 Å². The van der Waals surface area contributed by atoms with Crippen LogP contribution in [0, 0.1) is 0 Å². The second-order valence-electron chi connectivity index (χ2n) is 6.19. The average Bonchev–Trinajstić information content (AvgIpc) is 2.51. The van der Waals surface area contributed by atoms with Crippen molar-refractivity contribution in [1.29, 1.82) is 0 Å². The van der Waals surface area contributed by atoms with Gasteiger partial charge in [-0.1, -0.05) is 30.3 Å². The van der Waals surface area contributed by atoms with Gasteiger partial charge < -0.3 is 19.9 Å². The molecule has 0 bridgehead atoms. The lowest BCUT2D eigenvalue weighted by atomic mass is 10.1. The molecule has 0 aliphatic rings. The molecule has 0 saturated heterocycles. The van der Waals surface area contributed by atoms with Crippen LogP contribution in [-0.4, -0.2) is 41.7 Å². The number of hydrogen-bond donors (Lipinski definition) is 2. The van der Waals surface area contributed by atoms with Crippen molar-refractivity contribution in [3.63, 3.8) is 0 Å². The van der Waals surface area contributed by atoms with Crippen LogP contribution < -0.4 is 5.32 Å². The Balaban J connectivity index is 2.77. The third-order valence-corrected chi connectivity index (χ3v) is 2.96. The molecule has 0 heterocycles. The predicted molar refractivity (Wildman–Crippen MR) is 85.8 cm³/mol. The molecule has 1 aromatic rings. The van der Waals surface area contributed by atoms with Crippen LogP contribution >= 0.6 is 0 Å². The van der Waals surface area contributed by atoms with Gasteiger partial charge in [-0.15, -0.1) is 0 Å². The highest BCUT2D eigenvalue weighted by atomic mass is 16.6. The second kappa shape index (κ2) is 8.44. The number of aliphatic hydroxyl groups excluding tert-OH is 1. The third-order valence-electron chi connectivity index (χ3n) is 2.96. The molecule has 0 aliphatic carbocycles. The summed E-state index contributed by atoms with van der Waals surface area (Å²) < 4.78 is 9.72. The average molecular weight is 337 g/mol. The lowest BCUT2D eigenvalue weighted by molar-refractivity contribution is -0.159. The van der Waals surface area contributed by atoms with Crippen LogP contribution in [0.4, 0.5) is 0 Å². The van der Waals surface area contributed by atoms with Gasteiger partial charge in [-0.05, 0) is 26.3 Å². The topological polar surface area (TPSA) is 102 Å². The summed E-state index contributed by atoms with van der Waals surface area (Å²) in [4.78, 5) is 35.8. The van der Waals surface area contributed by atoms with Gasteiger partial charge in [0.2, 0.25) is 0 Å². The Hall–Kier alpha value is -2.41. The summed E-state index contributed by atoms with van der Waals surface area (Å²) in [6.45, 7) is 5.07. The van der Waals surface area contributed by atoms with E-state index in [-0.39, 0.29) is 0 Å². The lowest BCUT2D eigenvalue weighted by Crippen LogP contribution is -2.45. The maximum atomic E-state index is 12.1. The number of benzene rings is 1. The van der Waals surface area contributed by atoms with Crippen molar-refractivity contribution in [2.45, 2.75) is 44.9 Å². The summed E-state index contributed by atoms with van der Waals surface area (Å²) in [6.07, 6.45) is -1.85. The molecule has 2 N–H and O–H groups in total. The summed E-state index contributed by atoms with van der Waals surface area (Å²) in [5, 5.41) is 12.4. The molecule has 1 amide bonds. The molecule has 1 rings (SSSR count). The number of rotatable bonds is 6. The van der Waals surface area contributed by atoms with Crippen LogP contribution in [-0.2, 0) is 23.9 Å². The van der Waals surface area contributed by atoms with E-state index < -0.39 is 42.0 Å². The van der Waals surface area contributed by atoms with Gasteiger partial charge in [0.1, 0.15) is 11.6 Å². The van der Waals surface area contributed by atoms with Crippen molar-refractivity contribution < 1.29 is 29.0 Å². The van der Waals surface area contributed by atoms with E-state index >= 15 is 0 Å². The van der Waals surface area contributed by atoms with Crippen molar-refractivity contribution in [3.8, 4) is 0 Å². The Morgan fingerprint density at radius 2 is 1.75 bits per heavy atom. The lowest BCUT2D eigenvalue weighted by Gasteiger charge is -2.22. The highest BCUT2D eigenvalue weighted by molar-refractivity contribution is 5.90. The second-order valence-corrected chi connectivity index (χ2v) is 6.19. The number of ether oxygens (including phenoxy) is 2. The van der Waals surface area contributed by atoms with Crippen molar-refractivity contribution >= 4 is 17.8 Å². The number of methoxy groups -OCH3 is 1. The molecular weight excluding hydrogens is 314 g/mol. The first-order valence-electron chi connectivity index (χ1n) is 7.47. The molecule has 24 heavy (non-hydrogen) atoms. The molecule has 0 spiro atoms. The van der Waals surface area contributed by atoms with Gasteiger partial charge in [0, 0.05) is 0 Å². The summed E-state index contributed by atoms with van der Waals surface area (Å²) in [7, 11) is 1.14. The van der Waals surface area contributed by atoms with Crippen LogP contribution in [0.15, 0.2) is 30.3 Å². The van der Waals surface area contributed by atoms with E-state index in [2.05, 4.69) is 10.1 Å². The van der Waals surface area contributed by atoms with Crippen LogP contribution in [0.3, 0.4) is 0 Å². The van der Waals surface area contributed by atoms with E-state index in [0.717, 1.165) is 7.11 Å². The largest absolute Gasteiger partial charge is 0.467 e. The molecule has 1 aromatic carbocycles. The van der Waals surface area contributed by atoms with Crippen molar-refractivity contribution in [2.24, 2.45) is 0 Å². The Kier molecular flexibility index (Phi) is 6.91. The summed E-state index contributed by atoms with van der Waals surface area (Å²) >= 11 is 0. The van der Waals surface area contributed by atoms with Crippen molar-refractivity contribution in [3.05, 3.63) is 35.9 Å². The fraction of sp³-hybridized carbons (Fsp3) is 0.471. The van der Waals surface area contributed by atoms with E-state index in [0.29, 0.717) is 5.56 Å². The standard InChI is InChI=1S/C17H23NO6/c1-17(2,3)24-13(19)10-12(16(22)23-4)18-15(21)14(20)11-8-6-5-7-9-11/h5-9,12,14,20H,10H2,1-4H3,(H,18,21)/t12-,14-/m0/s1. The smallest absolute Gasteiger partial charge is 0.328 e. The molecule has 7 nitrogen and oxygen atoms in total. The minimum Gasteiger partial charge on any atom is -0.467 e. The summed E-state index contributed by atoms with van der Waals surface area (Å²) in [5.74, 6) is -2.26. The van der Waals surface area contributed by atoms with Gasteiger partial charge in [0.25, 0.3) is 5.91 Å². The number of aliphatic hydroxyl groups is 1. The first kappa shape index (κ1) is 19.6. The van der Waals surface area contributed by atoms with Gasteiger partial charge in [0.05, 0.1) is 13.5 Å². The van der Waals surface area contributed by atoms with Crippen molar-refractivity contribution in [1.82, 2.24) is 5.32 Å². The molecule has 0 fully saturated rings. The Morgan fingerprint density at radius 1 is 1.17 bits per heavy atom. The number of hydrogen-bond acceptors (Lipinski definition) is 6. The minimum absolute atomic E-state index is 0.371. The fourth-order valence-corrected chi connectivity index (χ4v) is 1.92. The molecule has 0 unspecified atom stereocenters. The van der Waals surface area contributed by atoms with Crippen LogP contribution in [0.1, 0.15) is 38.9 Å². The van der Waals surface area contributed by atoms with Gasteiger partial charge in [-0.3, -0.25) is 9.59 Å². The number of amides is 1. The van der Waals surface area contributed by atoms with Crippen molar-refractivity contribution in [2.75, 3.05) is 7.11 Å². The summed E-state index contributed by atoms with van der Waals surface area (Å²) in [6, 6.07) is 7.00. The predicted octanol–water partition coefficient (Wildman–Crippen LogP) is 1.11. The first-order chi connectivity index (χ1) is 11.1. The van der Waals surface area contributed by atoms with Gasteiger partial charge in [0.15, 0.2) is 6.10 Å². The quantitative estimate of drug-likeness (QED) is 0.754. The molecule has 0 aromatic heterocycles. The molecule has 7 heteroatoms. The van der Waals surface area contributed by atoms with Crippen LogP contribution in [0.5, 0.6) is 0 Å². The van der Waals surface area contributed by atoms with Gasteiger partial charge in [-0.2, -0.15) is 0 Å². The van der Waals surface area contributed by atoms with E-state index in [1.165, 1.54) is 0 Å². The first-order valence-corrected chi connectivity index (χ1v) is 7.47. The van der Waals surface area contributed by atoms with E-state index in [4.69, 9.17) is 4.74 Å². The maximum absolute atomic E-state index is 12.1. The molecule has 2 atom stereocenters. The third kappa shape index (κ3) is 6.37. The molecule has 0 radical (unpaired) electrons. The Bertz CT molecular complexity index is 578. The van der Waals surface area contributed by atoms with Crippen LogP contribution in [0.25, 0.3) is 0 Å². The number of carbonyl (C=O) groups excluding carboxylic acids is 3. The van der Waals surface area contributed by atoms with E-state index in [1.54, 1.807) is 51.1 Å². The fourth-order valence-electron chi connectivity index (χ4n) is 1.92. The maximum Gasteiger partial charge on any atom is 0.328 e. The summed E-state index contributed by atoms with van der Waals surface area (Å²) in [5.41, 5.74) is -0.346. The van der Waals surface area contributed by atoms with E-state index in [9.17, 15) is 19.5 Å². The van der Waals surface area contributed by atoms with Crippen LogP contribution in [0.2, 0.25) is 0 Å². The van der Waals surface area contributed by atoms with Gasteiger partial charge >= 0.3 is 11.9 Å². The SMILES string of the molecule is COC(=O)[C@H](CC(=O)OC(C)(C)C)NC(=O)[C@@H](O)c1ccccc1. The molecule has 0 aliphatic heterocycles. The minimum atomic E-state index is -1.46. The monoisotopic (exact) mass is 337 g/mol. The normalized spacial score (nSPS) is 13.5. The molecule has 132 valence electrons. The highest BCUT2D eigenvalue weighted by Gasteiger charge is 2.29.